The van der Waals surface area contributed by atoms with Crippen LogP contribution in [0.25, 0.3) is 0 Å². The summed E-state index contributed by atoms with van der Waals surface area (Å²) in [6, 6.07) is 1.35. The van der Waals surface area contributed by atoms with E-state index in [9.17, 15) is 5.11 Å². The lowest BCUT2D eigenvalue weighted by Crippen LogP contribution is -2.45. The summed E-state index contributed by atoms with van der Waals surface area (Å²) in [5, 5.41) is 12.6. The predicted molar refractivity (Wildman–Crippen MR) is 57.3 cm³/mol. The highest BCUT2D eigenvalue weighted by atomic mass is 16.3. The van der Waals surface area contributed by atoms with Crippen LogP contribution in [0.3, 0.4) is 0 Å². The lowest BCUT2D eigenvalue weighted by atomic mass is 10.0. The molecule has 0 saturated carbocycles. The average Bonchev–Trinajstić information content (AvgIpc) is 2.61. The molecule has 0 aromatic rings. The number of likely N-dealkylation sites (tertiary alicyclic amines) is 1. The zero-order valence-corrected chi connectivity index (χ0v) is 9.08. The number of nitrogens with zero attached hydrogens (tertiary/aromatic N) is 1. The average molecular weight is 198 g/mol. The Morgan fingerprint density at radius 3 is 2.57 bits per heavy atom. The van der Waals surface area contributed by atoms with Crippen LogP contribution in [-0.2, 0) is 0 Å². The zero-order valence-electron chi connectivity index (χ0n) is 9.08. The van der Waals surface area contributed by atoms with E-state index in [0.29, 0.717) is 18.6 Å². The lowest BCUT2D eigenvalue weighted by molar-refractivity contribution is 0.123. The molecule has 0 spiro atoms. The minimum atomic E-state index is 0.364. The summed E-state index contributed by atoms with van der Waals surface area (Å²) in [5.74, 6) is 0.518. The van der Waals surface area contributed by atoms with Crippen molar-refractivity contribution < 1.29 is 5.11 Å². The summed E-state index contributed by atoms with van der Waals surface area (Å²) < 4.78 is 0. The summed E-state index contributed by atoms with van der Waals surface area (Å²) in [5.41, 5.74) is 0. The second-order valence-corrected chi connectivity index (χ2v) is 4.69. The van der Waals surface area contributed by atoms with Gasteiger partial charge in [-0.05, 0) is 51.7 Å². The van der Waals surface area contributed by atoms with Crippen LogP contribution in [-0.4, -0.2) is 48.3 Å². The molecule has 2 heterocycles. The van der Waals surface area contributed by atoms with Gasteiger partial charge < -0.3 is 10.4 Å². The standard InChI is InChI=1S/C11H22N2O/c1-9-10(8-14)4-7-13(9)11-2-5-12-6-3-11/h9-12,14H,2-8H2,1H3. The smallest absolute Gasteiger partial charge is 0.0474 e. The molecule has 2 saturated heterocycles. The van der Waals surface area contributed by atoms with Crippen molar-refractivity contribution >= 4 is 0 Å². The molecule has 2 atom stereocenters. The SMILES string of the molecule is CC1C(CO)CCN1C1CCNCC1. The number of hydrogen-bond acceptors (Lipinski definition) is 3. The number of hydrogen-bond donors (Lipinski definition) is 2. The number of aliphatic hydroxyl groups excluding tert-OH is 1. The fourth-order valence-electron chi connectivity index (χ4n) is 2.93. The maximum absolute atomic E-state index is 9.21. The maximum Gasteiger partial charge on any atom is 0.0474 e. The van der Waals surface area contributed by atoms with Crippen LogP contribution >= 0.6 is 0 Å². The highest BCUT2D eigenvalue weighted by molar-refractivity contribution is 4.89. The van der Waals surface area contributed by atoms with Crippen molar-refractivity contribution in [3.05, 3.63) is 0 Å². The van der Waals surface area contributed by atoms with Gasteiger partial charge in [-0.15, -0.1) is 0 Å². The third kappa shape index (κ3) is 1.95. The number of piperidine rings is 1. The normalized spacial score (nSPS) is 36.4. The molecule has 2 unspecified atom stereocenters. The summed E-state index contributed by atoms with van der Waals surface area (Å²) in [7, 11) is 0. The fourth-order valence-corrected chi connectivity index (χ4v) is 2.93. The van der Waals surface area contributed by atoms with Crippen LogP contribution in [0.1, 0.15) is 26.2 Å². The van der Waals surface area contributed by atoms with Crippen molar-refractivity contribution in [2.75, 3.05) is 26.2 Å². The van der Waals surface area contributed by atoms with E-state index in [1.54, 1.807) is 0 Å². The van der Waals surface area contributed by atoms with Crippen molar-refractivity contribution in [2.45, 2.75) is 38.3 Å². The van der Waals surface area contributed by atoms with Gasteiger partial charge in [0.15, 0.2) is 0 Å². The predicted octanol–water partition coefficient (Wildman–Crippen LogP) is 0.441. The van der Waals surface area contributed by atoms with Crippen molar-refractivity contribution in [2.24, 2.45) is 5.92 Å². The Morgan fingerprint density at radius 1 is 1.29 bits per heavy atom. The van der Waals surface area contributed by atoms with Gasteiger partial charge >= 0.3 is 0 Å². The van der Waals surface area contributed by atoms with Crippen LogP contribution in [0.4, 0.5) is 0 Å². The van der Waals surface area contributed by atoms with Gasteiger partial charge in [-0.2, -0.15) is 0 Å². The molecule has 0 bridgehead atoms. The summed E-state index contributed by atoms with van der Waals surface area (Å²) >= 11 is 0. The van der Waals surface area contributed by atoms with Gasteiger partial charge in [-0.25, -0.2) is 0 Å². The molecule has 3 nitrogen and oxygen atoms in total. The molecule has 0 radical (unpaired) electrons. The molecule has 2 fully saturated rings. The molecule has 2 N–H and O–H groups in total. The third-order valence-corrected chi connectivity index (χ3v) is 3.98. The maximum atomic E-state index is 9.21. The molecule has 0 amide bonds. The molecule has 2 aliphatic rings. The molecule has 82 valence electrons. The lowest BCUT2D eigenvalue weighted by Gasteiger charge is -2.35. The van der Waals surface area contributed by atoms with Crippen LogP contribution in [0, 0.1) is 5.92 Å². The highest BCUT2D eigenvalue weighted by Crippen LogP contribution is 2.28. The molecule has 2 rings (SSSR count). The van der Waals surface area contributed by atoms with Gasteiger partial charge in [0.05, 0.1) is 0 Å². The van der Waals surface area contributed by atoms with E-state index in [4.69, 9.17) is 0 Å². The Labute approximate surface area is 86.5 Å². The zero-order chi connectivity index (χ0) is 9.97. The number of aliphatic hydroxyl groups is 1. The number of nitrogens with one attached hydrogen (secondary N) is 1. The van der Waals surface area contributed by atoms with E-state index >= 15 is 0 Å². The van der Waals surface area contributed by atoms with Gasteiger partial charge in [0.25, 0.3) is 0 Å². The molecule has 0 aromatic carbocycles. The third-order valence-electron chi connectivity index (χ3n) is 3.98. The van der Waals surface area contributed by atoms with Gasteiger partial charge in [0.1, 0.15) is 0 Å². The molecular formula is C11H22N2O. The Kier molecular flexibility index (Phi) is 3.42. The van der Waals surface area contributed by atoms with Crippen molar-refractivity contribution in [1.82, 2.24) is 10.2 Å². The first-order chi connectivity index (χ1) is 6.83. The monoisotopic (exact) mass is 198 g/mol. The molecule has 3 heteroatoms. The Bertz CT molecular complexity index is 180. The Hall–Kier alpha value is -0.120. The van der Waals surface area contributed by atoms with E-state index in [2.05, 4.69) is 17.1 Å². The van der Waals surface area contributed by atoms with E-state index in [1.165, 1.54) is 25.8 Å². The summed E-state index contributed by atoms with van der Waals surface area (Å²) in [6.45, 7) is 6.16. The van der Waals surface area contributed by atoms with Gasteiger partial charge in [-0.1, -0.05) is 0 Å². The minimum Gasteiger partial charge on any atom is -0.396 e. The van der Waals surface area contributed by atoms with Gasteiger partial charge in [0.2, 0.25) is 0 Å². The summed E-state index contributed by atoms with van der Waals surface area (Å²) in [6.07, 6.45) is 3.74. The second kappa shape index (κ2) is 4.60. The molecule has 0 aromatic heterocycles. The van der Waals surface area contributed by atoms with Crippen LogP contribution < -0.4 is 5.32 Å². The molecule has 2 aliphatic heterocycles. The van der Waals surface area contributed by atoms with Crippen molar-refractivity contribution in [3.8, 4) is 0 Å². The Morgan fingerprint density at radius 2 is 2.00 bits per heavy atom. The van der Waals surface area contributed by atoms with Crippen LogP contribution in [0.5, 0.6) is 0 Å². The molecule has 0 aliphatic carbocycles. The van der Waals surface area contributed by atoms with Gasteiger partial charge in [0, 0.05) is 18.7 Å². The molecule has 14 heavy (non-hydrogen) atoms. The van der Waals surface area contributed by atoms with E-state index in [1.807, 2.05) is 0 Å². The first kappa shape index (κ1) is 10.4. The van der Waals surface area contributed by atoms with Crippen molar-refractivity contribution in [3.63, 3.8) is 0 Å². The van der Waals surface area contributed by atoms with Gasteiger partial charge in [-0.3, -0.25) is 4.90 Å². The second-order valence-electron chi connectivity index (χ2n) is 4.69. The van der Waals surface area contributed by atoms with Crippen molar-refractivity contribution in [1.29, 1.82) is 0 Å². The first-order valence-corrected chi connectivity index (χ1v) is 5.90. The fraction of sp³-hybridized carbons (Fsp3) is 1.00. The molecular weight excluding hydrogens is 176 g/mol. The number of rotatable bonds is 2. The van der Waals surface area contributed by atoms with E-state index in [-0.39, 0.29) is 0 Å². The van der Waals surface area contributed by atoms with E-state index < -0.39 is 0 Å². The summed E-state index contributed by atoms with van der Waals surface area (Å²) in [4.78, 5) is 2.61. The van der Waals surface area contributed by atoms with E-state index in [0.717, 1.165) is 19.1 Å². The quantitative estimate of drug-likeness (QED) is 0.676. The van der Waals surface area contributed by atoms with Crippen LogP contribution in [0.15, 0.2) is 0 Å². The minimum absolute atomic E-state index is 0.364. The topological polar surface area (TPSA) is 35.5 Å². The Balaban J connectivity index is 1.91. The van der Waals surface area contributed by atoms with Crippen LogP contribution in [0.2, 0.25) is 0 Å². The highest BCUT2D eigenvalue weighted by Gasteiger charge is 2.34. The first-order valence-electron chi connectivity index (χ1n) is 5.90. The largest absolute Gasteiger partial charge is 0.396 e.